The zero-order valence-electron chi connectivity index (χ0n) is 10.2. The quantitative estimate of drug-likeness (QED) is 0.768. The fraction of sp³-hybridized carbons (Fsp3) is 0.923. The van der Waals surface area contributed by atoms with Crippen molar-refractivity contribution < 1.29 is 4.79 Å². The summed E-state index contributed by atoms with van der Waals surface area (Å²) in [5.41, 5.74) is 5.34. The molecule has 2 atom stereocenters. The Labute approximate surface area is 98.2 Å². The first-order valence-corrected chi connectivity index (χ1v) is 6.70. The predicted molar refractivity (Wildman–Crippen MR) is 64.9 cm³/mol. The molecule has 3 nitrogen and oxygen atoms in total. The van der Waals surface area contributed by atoms with Gasteiger partial charge in [0.15, 0.2) is 0 Å². The summed E-state index contributed by atoms with van der Waals surface area (Å²) in [6, 6.07) is 1.36. The fourth-order valence-corrected chi connectivity index (χ4v) is 3.24. The van der Waals surface area contributed by atoms with Crippen LogP contribution < -0.4 is 11.1 Å². The van der Waals surface area contributed by atoms with E-state index in [1.807, 2.05) is 0 Å². The molecule has 2 rings (SSSR count). The molecule has 0 aliphatic heterocycles. The van der Waals surface area contributed by atoms with E-state index in [1.54, 1.807) is 0 Å². The monoisotopic (exact) mass is 224 g/mol. The number of carbonyl (C=O) groups is 1. The van der Waals surface area contributed by atoms with E-state index in [-0.39, 0.29) is 11.8 Å². The molecule has 0 bridgehead atoms. The van der Waals surface area contributed by atoms with E-state index in [2.05, 4.69) is 12.2 Å². The van der Waals surface area contributed by atoms with Crippen molar-refractivity contribution in [2.45, 2.75) is 64.0 Å². The largest absolute Gasteiger partial charge is 0.369 e. The summed E-state index contributed by atoms with van der Waals surface area (Å²) in [6.07, 6.45) is 8.24. The molecule has 0 spiro atoms. The van der Waals surface area contributed by atoms with Crippen molar-refractivity contribution in [1.29, 1.82) is 0 Å². The van der Waals surface area contributed by atoms with Crippen LogP contribution in [-0.2, 0) is 4.79 Å². The maximum absolute atomic E-state index is 11.1. The first-order chi connectivity index (χ1) is 7.65. The van der Waals surface area contributed by atoms with E-state index < -0.39 is 0 Å². The second-order valence-corrected chi connectivity index (χ2v) is 5.73. The van der Waals surface area contributed by atoms with Crippen molar-refractivity contribution in [3.05, 3.63) is 0 Å². The van der Waals surface area contributed by atoms with Crippen LogP contribution in [0.4, 0.5) is 0 Å². The summed E-state index contributed by atoms with van der Waals surface area (Å²) in [4.78, 5) is 11.1. The van der Waals surface area contributed by atoms with Crippen LogP contribution in [0.1, 0.15) is 51.9 Å². The second kappa shape index (κ2) is 5.17. The lowest BCUT2D eigenvalue weighted by molar-refractivity contribution is -0.122. The Balaban J connectivity index is 1.71. The van der Waals surface area contributed by atoms with Gasteiger partial charge in [-0.15, -0.1) is 0 Å². The number of carbonyl (C=O) groups excluding carboxylic acids is 1. The summed E-state index contributed by atoms with van der Waals surface area (Å²) >= 11 is 0. The normalized spacial score (nSPS) is 39.8. The van der Waals surface area contributed by atoms with Crippen LogP contribution in [0.5, 0.6) is 0 Å². The Morgan fingerprint density at radius 3 is 2.19 bits per heavy atom. The molecule has 0 radical (unpaired) electrons. The van der Waals surface area contributed by atoms with Crippen molar-refractivity contribution in [1.82, 2.24) is 5.32 Å². The molecule has 0 heterocycles. The van der Waals surface area contributed by atoms with Gasteiger partial charge in [0, 0.05) is 18.0 Å². The fourth-order valence-electron chi connectivity index (χ4n) is 3.24. The van der Waals surface area contributed by atoms with Gasteiger partial charge < -0.3 is 11.1 Å². The molecule has 0 saturated heterocycles. The van der Waals surface area contributed by atoms with E-state index in [0.717, 1.165) is 37.6 Å². The third-order valence-corrected chi connectivity index (χ3v) is 4.30. The summed E-state index contributed by atoms with van der Waals surface area (Å²) in [5, 5.41) is 3.76. The first-order valence-electron chi connectivity index (χ1n) is 6.70. The van der Waals surface area contributed by atoms with Gasteiger partial charge in [-0.25, -0.2) is 0 Å². The number of nitrogens with one attached hydrogen (secondary N) is 1. The van der Waals surface area contributed by atoms with Crippen molar-refractivity contribution in [3.63, 3.8) is 0 Å². The molecule has 0 aromatic heterocycles. The van der Waals surface area contributed by atoms with E-state index in [1.165, 1.54) is 19.3 Å². The smallest absolute Gasteiger partial charge is 0.220 e. The van der Waals surface area contributed by atoms with Crippen LogP contribution in [0.15, 0.2) is 0 Å². The highest BCUT2D eigenvalue weighted by atomic mass is 16.1. The van der Waals surface area contributed by atoms with E-state index in [4.69, 9.17) is 5.73 Å². The first kappa shape index (κ1) is 11.9. The zero-order chi connectivity index (χ0) is 11.5. The van der Waals surface area contributed by atoms with E-state index in [0.29, 0.717) is 6.04 Å². The maximum atomic E-state index is 11.1. The SMILES string of the molecule is CC1CCC(NC2CCC(C(N)=O)CC2)C1. The van der Waals surface area contributed by atoms with Crippen LogP contribution in [0.3, 0.4) is 0 Å². The second-order valence-electron chi connectivity index (χ2n) is 5.73. The van der Waals surface area contributed by atoms with Crippen molar-refractivity contribution >= 4 is 5.91 Å². The van der Waals surface area contributed by atoms with E-state index >= 15 is 0 Å². The third-order valence-electron chi connectivity index (χ3n) is 4.30. The lowest BCUT2D eigenvalue weighted by Crippen LogP contribution is -2.41. The van der Waals surface area contributed by atoms with Gasteiger partial charge >= 0.3 is 0 Å². The molecule has 0 aromatic carbocycles. The lowest BCUT2D eigenvalue weighted by atomic mass is 9.85. The summed E-state index contributed by atoms with van der Waals surface area (Å²) in [6.45, 7) is 2.34. The van der Waals surface area contributed by atoms with Crippen LogP contribution in [0.2, 0.25) is 0 Å². The summed E-state index contributed by atoms with van der Waals surface area (Å²) in [7, 11) is 0. The van der Waals surface area contributed by atoms with Crippen LogP contribution in [0.25, 0.3) is 0 Å². The molecule has 2 unspecified atom stereocenters. The van der Waals surface area contributed by atoms with Gasteiger partial charge in [-0.05, 0) is 50.9 Å². The molecule has 3 heteroatoms. The lowest BCUT2D eigenvalue weighted by Gasteiger charge is -2.29. The molecule has 2 fully saturated rings. The van der Waals surface area contributed by atoms with Crippen molar-refractivity contribution in [3.8, 4) is 0 Å². The Bertz CT molecular complexity index is 246. The Kier molecular flexibility index (Phi) is 3.85. The van der Waals surface area contributed by atoms with Crippen LogP contribution >= 0.6 is 0 Å². The minimum atomic E-state index is -0.104. The summed E-state index contributed by atoms with van der Waals surface area (Å²) < 4.78 is 0. The number of rotatable bonds is 3. The number of nitrogens with two attached hydrogens (primary N) is 1. The van der Waals surface area contributed by atoms with Crippen LogP contribution in [-0.4, -0.2) is 18.0 Å². The van der Waals surface area contributed by atoms with Gasteiger partial charge in [0.05, 0.1) is 0 Å². The molecule has 16 heavy (non-hydrogen) atoms. The standard InChI is InChI=1S/C13H24N2O/c1-9-2-5-12(8-9)15-11-6-3-10(4-7-11)13(14)16/h9-12,15H,2-8H2,1H3,(H2,14,16). The number of amides is 1. The van der Waals surface area contributed by atoms with Gasteiger partial charge in [0.1, 0.15) is 0 Å². The number of hydrogen-bond donors (Lipinski definition) is 2. The van der Waals surface area contributed by atoms with Gasteiger partial charge in [-0.3, -0.25) is 4.79 Å². The summed E-state index contributed by atoms with van der Waals surface area (Å²) in [5.74, 6) is 0.924. The third kappa shape index (κ3) is 2.97. The van der Waals surface area contributed by atoms with Gasteiger partial charge in [-0.1, -0.05) is 6.92 Å². The average Bonchev–Trinajstić information content (AvgIpc) is 2.65. The van der Waals surface area contributed by atoms with Crippen molar-refractivity contribution in [2.75, 3.05) is 0 Å². The van der Waals surface area contributed by atoms with Crippen molar-refractivity contribution in [2.24, 2.45) is 17.6 Å². The highest BCUT2D eigenvalue weighted by Gasteiger charge is 2.28. The Morgan fingerprint density at radius 1 is 1.06 bits per heavy atom. The molecule has 2 aliphatic rings. The molecule has 2 saturated carbocycles. The molecule has 1 amide bonds. The molecule has 0 aromatic rings. The molecule has 2 aliphatic carbocycles. The number of primary amides is 1. The Morgan fingerprint density at radius 2 is 1.69 bits per heavy atom. The van der Waals surface area contributed by atoms with Gasteiger partial charge in [0.25, 0.3) is 0 Å². The van der Waals surface area contributed by atoms with E-state index in [9.17, 15) is 4.79 Å². The number of hydrogen-bond acceptors (Lipinski definition) is 2. The van der Waals surface area contributed by atoms with Gasteiger partial charge in [-0.2, -0.15) is 0 Å². The molecular formula is C13H24N2O. The predicted octanol–water partition coefficient (Wildman–Crippen LogP) is 1.81. The Hall–Kier alpha value is -0.570. The maximum Gasteiger partial charge on any atom is 0.220 e. The van der Waals surface area contributed by atoms with Crippen LogP contribution in [0, 0.1) is 11.8 Å². The molecular weight excluding hydrogens is 200 g/mol. The van der Waals surface area contributed by atoms with Gasteiger partial charge in [0.2, 0.25) is 5.91 Å². The molecule has 92 valence electrons. The highest BCUT2D eigenvalue weighted by molar-refractivity contribution is 5.76. The zero-order valence-corrected chi connectivity index (χ0v) is 10.2. The minimum absolute atomic E-state index is 0.104. The highest BCUT2D eigenvalue weighted by Crippen LogP contribution is 2.28. The minimum Gasteiger partial charge on any atom is -0.369 e. The average molecular weight is 224 g/mol. The molecule has 3 N–H and O–H groups in total. The topological polar surface area (TPSA) is 55.1 Å².